The van der Waals surface area contributed by atoms with Gasteiger partial charge in [0, 0.05) is 31.7 Å². The van der Waals surface area contributed by atoms with Crippen molar-refractivity contribution in [2.75, 3.05) is 32.8 Å². The number of amides is 1. The number of morpholine rings is 1. The van der Waals surface area contributed by atoms with Crippen molar-refractivity contribution >= 4 is 5.91 Å². The Bertz CT molecular complexity index is 626. The monoisotopic (exact) mass is 345 g/mol. The standard InChI is InChI=1S/C19H27N3O3/c23-19(18-10-17(25-20-18)12-21-1-3-24-4-2-21)22-11-15-6-13-5-14(7-15)9-16(22)8-13/h10,13-16H,1-9,11-12H2/t13-,14+,15?,16?. The summed E-state index contributed by atoms with van der Waals surface area (Å²) in [7, 11) is 0. The predicted octanol–water partition coefficient (Wildman–Crippen LogP) is 2.16. The molecule has 6 nitrogen and oxygen atoms in total. The van der Waals surface area contributed by atoms with Crippen LogP contribution in [0.4, 0.5) is 0 Å². The first-order valence-corrected chi connectivity index (χ1v) is 9.81. The first-order chi connectivity index (χ1) is 12.2. The van der Waals surface area contributed by atoms with Crippen molar-refractivity contribution in [1.29, 1.82) is 0 Å². The van der Waals surface area contributed by atoms with Crippen LogP contribution in [0.5, 0.6) is 0 Å². The summed E-state index contributed by atoms with van der Waals surface area (Å²) in [5.74, 6) is 3.24. The maximum absolute atomic E-state index is 13.1. The summed E-state index contributed by atoms with van der Waals surface area (Å²) in [5, 5.41) is 4.11. The molecule has 1 amide bonds. The topological polar surface area (TPSA) is 58.8 Å². The molecule has 2 aliphatic carbocycles. The van der Waals surface area contributed by atoms with Gasteiger partial charge in [0.05, 0.1) is 19.8 Å². The van der Waals surface area contributed by atoms with Crippen LogP contribution < -0.4 is 0 Å². The van der Waals surface area contributed by atoms with E-state index in [1.807, 2.05) is 6.07 Å². The van der Waals surface area contributed by atoms with Gasteiger partial charge in [-0.3, -0.25) is 9.69 Å². The number of ether oxygens (including phenoxy) is 1. The average Bonchev–Trinajstić information content (AvgIpc) is 2.98. The van der Waals surface area contributed by atoms with Gasteiger partial charge in [0.15, 0.2) is 11.5 Å². The van der Waals surface area contributed by atoms with E-state index in [-0.39, 0.29) is 5.91 Å². The molecule has 136 valence electrons. The van der Waals surface area contributed by atoms with E-state index in [2.05, 4.69) is 15.0 Å². The smallest absolute Gasteiger partial charge is 0.276 e. The van der Waals surface area contributed by atoms with E-state index in [0.29, 0.717) is 24.2 Å². The number of carbonyl (C=O) groups is 1. The molecule has 4 atom stereocenters. The molecule has 1 aromatic rings. The lowest BCUT2D eigenvalue weighted by Gasteiger charge is -2.38. The highest BCUT2D eigenvalue weighted by Gasteiger charge is 2.44. The SMILES string of the molecule is O=C(c1cc(CN2CCOCC2)on1)N1CC2C[C@@H]3CC1C[C@H](C2)C3. The fourth-order valence-corrected chi connectivity index (χ4v) is 5.65. The zero-order valence-electron chi connectivity index (χ0n) is 14.7. The Kier molecular flexibility index (Phi) is 4.05. The van der Waals surface area contributed by atoms with Gasteiger partial charge in [0.1, 0.15) is 0 Å². The van der Waals surface area contributed by atoms with Crippen molar-refractivity contribution in [1.82, 2.24) is 15.0 Å². The number of carbonyl (C=O) groups excluding carboxylic acids is 1. The Morgan fingerprint density at radius 1 is 1.08 bits per heavy atom. The summed E-state index contributed by atoms with van der Waals surface area (Å²) in [6, 6.07) is 2.27. The molecule has 5 fully saturated rings. The van der Waals surface area contributed by atoms with Gasteiger partial charge in [-0.05, 0) is 49.9 Å². The molecule has 6 rings (SSSR count). The number of hydrogen-bond acceptors (Lipinski definition) is 5. The summed E-state index contributed by atoms with van der Waals surface area (Å²) in [5.41, 5.74) is 0.490. The highest BCUT2D eigenvalue weighted by molar-refractivity contribution is 5.92. The van der Waals surface area contributed by atoms with Crippen molar-refractivity contribution in [2.24, 2.45) is 17.8 Å². The quantitative estimate of drug-likeness (QED) is 0.840. The number of fused-ring (bicyclic) bond motifs is 1. The molecule has 0 spiro atoms. The van der Waals surface area contributed by atoms with Crippen LogP contribution >= 0.6 is 0 Å². The summed E-state index contributed by atoms with van der Waals surface area (Å²) in [6.07, 6.45) is 6.41. The van der Waals surface area contributed by atoms with Gasteiger partial charge < -0.3 is 14.2 Å². The molecule has 0 aromatic carbocycles. The zero-order chi connectivity index (χ0) is 16.8. The van der Waals surface area contributed by atoms with Crippen LogP contribution in [-0.2, 0) is 11.3 Å². The fraction of sp³-hybridized carbons (Fsp3) is 0.789. The van der Waals surface area contributed by atoms with Crippen LogP contribution in [0, 0.1) is 17.8 Å². The second kappa shape index (κ2) is 6.40. The second-order valence-electron chi connectivity index (χ2n) is 8.45. The Balaban J connectivity index is 1.29. The first-order valence-electron chi connectivity index (χ1n) is 9.81. The van der Waals surface area contributed by atoms with Gasteiger partial charge in [-0.25, -0.2) is 0 Å². The summed E-state index contributed by atoms with van der Waals surface area (Å²) in [4.78, 5) is 17.5. The maximum Gasteiger partial charge on any atom is 0.276 e. The van der Waals surface area contributed by atoms with Crippen LogP contribution in [0.3, 0.4) is 0 Å². The number of hydrogen-bond donors (Lipinski definition) is 0. The van der Waals surface area contributed by atoms with Gasteiger partial charge in [0.25, 0.3) is 5.91 Å². The average molecular weight is 345 g/mol. The lowest BCUT2D eigenvalue weighted by molar-refractivity contribution is 0.0305. The van der Waals surface area contributed by atoms with Crippen molar-refractivity contribution in [3.8, 4) is 0 Å². The highest BCUT2D eigenvalue weighted by Crippen LogP contribution is 2.47. The molecule has 3 aliphatic heterocycles. The largest absolute Gasteiger partial charge is 0.379 e. The molecule has 2 saturated carbocycles. The molecule has 5 aliphatic rings. The number of rotatable bonds is 3. The van der Waals surface area contributed by atoms with Crippen LogP contribution in [0.15, 0.2) is 10.6 Å². The third-order valence-electron chi connectivity index (χ3n) is 6.63. The molecular formula is C19H27N3O3. The summed E-state index contributed by atoms with van der Waals surface area (Å²) < 4.78 is 10.8. The molecule has 4 bridgehead atoms. The van der Waals surface area contributed by atoms with E-state index < -0.39 is 0 Å². The second-order valence-corrected chi connectivity index (χ2v) is 8.45. The van der Waals surface area contributed by atoms with E-state index >= 15 is 0 Å². The molecular weight excluding hydrogens is 318 g/mol. The number of aromatic nitrogens is 1. The molecule has 2 unspecified atom stereocenters. The van der Waals surface area contributed by atoms with Gasteiger partial charge in [-0.2, -0.15) is 0 Å². The Morgan fingerprint density at radius 2 is 1.80 bits per heavy atom. The molecule has 0 N–H and O–H groups in total. The molecule has 1 aromatic heterocycles. The van der Waals surface area contributed by atoms with E-state index in [1.165, 1.54) is 32.1 Å². The zero-order valence-corrected chi connectivity index (χ0v) is 14.7. The van der Waals surface area contributed by atoms with E-state index in [1.54, 1.807) is 0 Å². The highest BCUT2D eigenvalue weighted by atomic mass is 16.5. The lowest BCUT2D eigenvalue weighted by Crippen LogP contribution is -2.42. The van der Waals surface area contributed by atoms with Crippen molar-refractivity contribution < 1.29 is 14.1 Å². The molecule has 25 heavy (non-hydrogen) atoms. The summed E-state index contributed by atoms with van der Waals surface area (Å²) >= 11 is 0. The Morgan fingerprint density at radius 3 is 2.56 bits per heavy atom. The van der Waals surface area contributed by atoms with Crippen LogP contribution in [0.25, 0.3) is 0 Å². The van der Waals surface area contributed by atoms with Gasteiger partial charge in [-0.15, -0.1) is 0 Å². The third-order valence-corrected chi connectivity index (χ3v) is 6.63. The van der Waals surface area contributed by atoms with E-state index in [9.17, 15) is 4.79 Å². The molecule has 6 heteroatoms. The van der Waals surface area contributed by atoms with Gasteiger partial charge >= 0.3 is 0 Å². The summed E-state index contributed by atoms with van der Waals surface area (Å²) in [6.45, 7) is 4.96. The Hall–Kier alpha value is -1.40. The van der Waals surface area contributed by atoms with Gasteiger partial charge in [-0.1, -0.05) is 5.16 Å². The minimum absolute atomic E-state index is 0.0789. The van der Waals surface area contributed by atoms with Crippen molar-refractivity contribution in [3.05, 3.63) is 17.5 Å². The molecule has 0 radical (unpaired) electrons. The van der Waals surface area contributed by atoms with Crippen LogP contribution in [-0.4, -0.2) is 59.8 Å². The third kappa shape index (κ3) is 3.10. The van der Waals surface area contributed by atoms with Gasteiger partial charge in [0.2, 0.25) is 0 Å². The minimum atomic E-state index is 0.0789. The Labute approximate surface area is 148 Å². The van der Waals surface area contributed by atoms with E-state index in [0.717, 1.165) is 50.4 Å². The fourth-order valence-electron chi connectivity index (χ4n) is 5.65. The minimum Gasteiger partial charge on any atom is -0.379 e. The normalized spacial score (nSPS) is 35.1. The van der Waals surface area contributed by atoms with Crippen LogP contribution in [0.1, 0.15) is 48.4 Å². The maximum atomic E-state index is 13.1. The predicted molar refractivity (Wildman–Crippen MR) is 91.0 cm³/mol. The lowest BCUT2D eigenvalue weighted by atomic mass is 9.68. The molecule has 3 saturated heterocycles. The number of nitrogens with zero attached hydrogens (tertiary/aromatic N) is 3. The molecule has 4 heterocycles. The van der Waals surface area contributed by atoms with Crippen molar-refractivity contribution in [2.45, 2.75) is 44.7 Å². The first kappa shape index (κ1) is 15.8. The van der Waals surface area contributed by atoms with Crippen molar-refractivity contribution in [3.63, 3.8) is 0 Å². The van der Waals surface area contributed by atoms with Crippen LogP contribution in [0.2, 0.25) is 0 Å². The van der Waals surface area contributed by atoms with E-state index in [4.69, 9.17) is 9.26 Å².